The fraction of sp³-hybridized carbons (Fsp3) is 0.571. The van der Waals surface area contributed by atoms with Crippen molar-refractivity contribution < 1.29 is 18.6 Å². The van der Waals surface area contributed by atoms with E-state index < -0.39 is 0 Å². The first kappa shape index (κ1) is 15.9. The highest BCUT2D eigenvalue weighted by Gasteiger charge is 2.13. The summed E-state index contributed by atoms with van der Waals surface area (Å²) in [5.74, 6) is -0.112. The number of hydrogen-bond donors (Lipinski definition) is 1. The second-order valence-corrected chi connectivity index (χ2v) is 4.07. The van der Waals surface area contributed by atoms with Crippen LogP contribution in [-0.2, 0) is 9.47 Å². The fourth-order valence-electron chi connectivity index (χ4n) is 1.76. The molecule has 4 nitrogen and oxygen atoms in total. The van der Waals surface area contributed by atoms with Crippen LogP contribution in [0.25, 0.3) is 0 Å². The summed E-state index contributed by atoms with van der Waals surface area (Å²) in [5.41, 5.74) is 0.845. The lowest BCUT2D eigenvalue weighted by Crippen LogP contribution is -2.26. The molecule has 0 spiro atoms. The van der Waals surface area contributed by atoms with Crippen LogP contribution in [0.2, 0.25) is 0 Å². The van der Waals surface area contributed by atoms with Gasteiger partial charge in [-0.15, -0.1) is 0 Å². The van der Waals surface area contributed by atoms with Crippen LogP contribution < -0.4 is 10.1 Å². The van der Waals surface area contributed by atoms with Gasteiger partial charge >= 0.3 is 0 Å². The lowest BCUT2D eigenvalue weighted by atomic mass is 10.1. The van der Waals surface area contributed by atoms with E-state index in [1.54, 1.807) is 13.2 Å². The van der Waals surface area contributed by atoms with Gasteiger partial charge in [0.15, 0.2) is 11.6 Å². The Morgan fingerprint density at radius 2 is 2.05 bits per heavy atom. The number of halogens is 1. The quantitative estimate of drug-likeness (QED) is 0.699. The van der Waals surface area contributed by atoms with Crippen LogP contribution in [0.5, 0.6) is 5.75 Å². The van der Waals surface area contributed by atoms with Gasteiger partial charge in [-0.2, -0.15) is 0 Å². The Kier molecular flexibility index (Phi) is 7.40. The molecule has 0 radical (unpaired) electrons. The predicted octanol–water partition coefficient (Wildman–Crippen LogP) is 2.15. The summed E-state index contributed by atoms with van der Waals surface area (Å²) < 4.78 is 29.0. The third-order valence-electron chi connectivity index (χ3n) is 2.75. The Bertz CT molecular complexity index is 374. The second-order valence-electron chi connectivity index (χ2n) is 4.07. The Morgan fingerprint density at radius 1 is 1.26 bits per heavy atom. The lowest BCUT2D eigenvalue weighted by Gasteiger charge is -2.19. The highest BCUT2D eigenvalue weighted by Crippen LogP contribution is 2.22. The SMILES string of the molecule is CCNC(COCCOC)c1ccc(OC)c(F)c1. The first-order valence-electron chi connectivity index (χ1n) is 6.36. The Balaban J connectivity index is 2.66. The molecule has 0 aliphatic heterocycles. The molecule has 108 valence electrons. The first-order chi connectivity index (χ1) is 9.22. The van der Waals surface area contributed by atoms with Crippen molar-refractivity contribution in [3.05, 3.63) is 29.6 Å². The van der Waals surface area contributed by atoms with E-state index in [0.717, 1.165) is 12.1 Å². The molecule has 0 saturated carbocycles. The van der Waals surface area contributed by atoms with Gasteiger partial charge in [-0.05, 0) is 24.2 Å². The topological polar surface area (TPSA) is 39.7 Å². The minimum Gasteiger partial charge on any atom is -0.494 e. The molecule has 0 heterocycles. The molecule has 1 unspecified atom stereocenters. The van der Waals surface area contributed by atoms with E-state index in [4.69, 9.17) is 14.2 Å². The predicted molar refractivity (Wildman–Crippen MR) is 72.1 cm³/mol. The van der Waals surface area contributed by atoms with Crippen molar-refractivity contribution in [3.63, 3.8) is 0 Å². The third-order valence-corrected chi connectivity index (χ3v) is 2.75. The largest absolute Gasteiger partial charge is 0.494 e. The van der Waals surface area contributed by atoms with Gasteiger partial charge in [-0.1, -0.05) is 13.0 Å². The number of likely N-dealkylation sites (N-methyl/N-ethyl adjacent to an activating group) is 1. The first-order valence-corrected chi connectivity index (χ1v) is 6.36. The number of benzene rings is 1. The Labute approximate surface area is 113 Å². The van der Waals surface area contributed by atoms with Crippen molar-refractivity contribution in [1.29, 1.82) is 0 Å². The molecule has 1 N–H and O–H groups in total. The van der Waals surface area contributed by atoms with Gasteiger partial charge < -0.3 is 19.5 Å². The minimum atomic E-state index is -0.361. The number of ether oxygens (including phenoxy) is 3. The van der Waals surface area contributed by atoms with Crippen molar-refractivity contribution in [2.75, 3.05) is 40.6 Å². The second kappa shape index (κ2) is 8.85. The molecular weight excluding hydrogens is 249 g/mol. The molecule has 0 saturated heterocycles. The Morgan fingerprint density at radius 3 is 2.63 bits per heavy atom. The highest BCUT2D eigenvalue weighted by molar-refractivity contribution is 5.31. The molecule has 0 fully saturated rings. The maximum Gasteiger partial charge on any atom is 0.165 e. The summed E-state index contributed by atoms with van der Waals surface area (Å²) in [6.07, 6.45) is 0. The standard InChI is InChI=1S/C14H22FNO3/c1-4-16-13(10-19-8-7-17-2)11-5-6-14(18-3)12(15)9-11/h5-6,9,13,16H,4,7-8,10H2,1-3H3. The zero-order valence-corrected chi connectivity index (χ0v) is 11.7. The molecule has 1 rings (SSSR count). The van der Waals surface area contributed by atoms with Gasteiger partial charge in [0, 0.05) is 7.11 Å². The van der Waals surface area contributed by atoms with Crippen LogP contribution in [0.1, 0.15) is 18.5 Å². The van der Waals surface area contributed by atoms with Crippen molar-refractivity contribution >= 4 is 0 Å². The van der Waals surface area contributed by atoms with E-state index in [1.807, 2.05) is 13.0 Å². The summed E-state index contributed by atoms with van der Waals surface area (Å²) in [6, 6.07) is 4.91. The maximum atomic E-state index is 13.7. The van der Waals surface area contributed by atoms with Gasteiger partial charge in [0.25, 0.3) is 0 Å². The fourth-order valence-corrected chi connectivity index (χ4v) is 1.76. The molecule has 0 aliphatic rings. The monoisotopic (exact) mass is 271 g/mol. The summed E-state index contributed by atoms with van der Waals surface area (Å²) in [7, 11) is 3.08. The summed E-state index contributed by atoms with van der Waals surface area (Å²) in [4.78, 5) is 0. The van der Waals surface area contributed by atoms with Crippen LogP contribution in [-0.4, -0.2) is 40.6 Å². The van der Waals surface area contributed by atoms with E-state index in [0.29, 0.717) is 19.8 Å². The maximum absolute atomic E-state index is 13.7. The molecule has 1 aromatic carbocycles. The number of hydrogen-bond acceptors (Lipinski definition) is 4. The number of nitrogens with one attached hydrogen (secondary N) is 1. The van der Waals surface area contributed by atoms with E-state index >= 15 is 0 Å². The van der Waals surface area contributed by atoms with E-state index in [1.165, 1.54) is 13.2 Å². The van der Waals surface area contributed by atoms with Crippen LogP contribution in [0.3, 0.4) is 0 Å². The van der Waals surface area contributed by atoms with Gasteiger partial charge in [0.05, 0.1) is 33.0 Å². The lowest BCUT2D eigenvalue weighted by molar-refractivity contribution is 0.0587. The van der Waals surface area contributed by atoms with Crippen LogP contribution in [0.15, 0.2) is 18.2 Å². The average molecular weight is 271 g/mol. The molecule has 5 heteroatoms. The van der Waals surface area contributed by atoms with Crippen molar-refractivity contribution in [2.24, 2.45) is 0 Å². The molecule has 0 bridgehead atoms. The molecule has 1 aromatic rings. The van der Waals surface area contributed by atoms with Gasteiger partial charge in [0.2, 0.25) is 0 Å². The Hall–Kier alpha value is -1.17. The summed E-state index contributed by atoms with van der Waals surface area (Å²) in [6.45, 7) is 4.34. The van der Waals surface area contributed by atoms with E-state index in [-0.39, 0.29) is 17.6 Å². The molecule has 19 heavy (non-hydrogen) atoms. The zero-order chi connectivity index (χ0) is 14.1. The third kappa shape index (κ3) is 5.14. The number of rotatable bonds is 9. The molecule has 0 amide bonds. The normalized spacial score (nSPS) is 12.4. The van der Waals surface area contributed by atoms with E-state index in [2.05, 4.69) is 5.32 Å². The van der Waals surface area contributed by atoms with E-state index in [9.17, 15) is 4.39 Å². The summed E-state index contributed by atoms with van der Waals surface area (Å²) in [5, 5.41) is 3.27. The average Bonchev–Trinajstić information content (AvgIpc) is 2.42. The smallest absolute Gasteiger partial charge is 0.165 e. The van der Waals surface area contributed by atoms with Crippen molar-refractivity contribution in [1.82, 2.24) is 5.32 Å². The van der Waals surface area contributed by atoms with Gasteiger partial charge in [-0.3, -0.25) is 0 Å². The zero-order valence-electron chi connectivity index (χ0n) is 11.7. The van der Waals surface area contributed by atoms with Crippen LogP contribution in [0.4, 0.5) is 4.39 Å². The summed E-state index contributed by atoms with van der Waals surface area (Å²) >= 11 is 0. The minimum absolute atomic E-state index is 0.0396. The van der Waals surface area contributed by atoms with Crippen LogP contribution >= 0.6 is 0 Å². The van der Waals surface area contributed by atoms with Crippen LogP contribution in [0, 0.1) is 5.82 Å². The highest BCUT2D eigenvalue weighted by atomic mass is 19.1. The molecule has 0 aliphatic carbocycles. The number of methoxy groups -OCH3 is 2. The molecule has 0 aromatic heterocycles. The van der Waals surface area contributed by atoms with Crippen molar-refractivity contribution in [3.8, 4) is 5.75 Å². The van der Waals surface area contributed by atoms with Gasteiger partial charge in [-0.25, -0.2) is 4.39 Å². The van der Waals surface area contributed by atoms with Crippen molar-refractivity contribution in [2.45, 2.75) is 13.0 Å². The molecule has 1 atom stereocenters. The van der Waals surface area contributed by atoms with Gasteiger partial charge in [0.1, 0.15) is 0 Å². The molecular formula is C14H22FNO3.